The summed E-state index contributed by atoms with van der Waals surface area (Å²) in [6, 6.07) is 0. The van der Waals surface area contributed by atoms with Crippen molar-refractivity contribution in [2.45, 2.75) is 38.9 Å². The molecule has 0 radical (unpaired) electrons. The van der Waals surface area contributed by atoms with Gasteiger partial charge in [0.25, 0.3) is 0 Å². The maximum atomic E-state index is 12.0. The van der Waals surface area contributed by atoms with Crippen LogP contribution in [-0.2, 0) is 9.47 Å². The summed E-state index contributed by atoms with van der Waals surface area (Å²) in [5, 5.41) is 9.44. The molecule has 2 fully saturated rings. The standard InChI is InChI=1S/C12H21NO4/c1-11(2,3)17-10(15)13-5-9-4-12(6-13,7-14)8-16-9/h9,14H,4-8H2,1-3H3. The van der Waals surface area contributed by atoms with E-state index in [0.29, 0.717) is 19.7 Å². The Morgan fingerprint density at radius 3 is 2.88 bits per heavy atom. The summed E-state index contributed by atoms with van der Waals surface area (Å²) in [7, 11) is 0. The number of hydrogen-bond donors (Lipinski definition) is 1. The number of nitrogens with zero attached hydrogens (tertiary/aromatic N) is 1. The molecule has 2 unspecified atom stereocenters. The van der Waals surface area contributed by atoms with Crippen LogP contribution in [0.15, 0.2) is 0 Å². The van der Waals surface area contributed by atoms with Gasteiger partial charge in [0, 0.05) is 12.0 Å². The maximum Gasteiger partial charge on any atom is 0.410 e. The molecule has 17 heavy (non-hydrogen) atoms. The fraction of sp³-hybridized carbons (Fsp3) is 0.917. The van der Waals surface area contributed by atoms with Gasteiger partial charge in [-0.1, -0.05) is 0 Å². The van der Waals surface area contributed by atoms with Gasteiger partial charge in [-0.15, -0.1) is 0 Å². The van der Waals surface area contributed by atoms with Crippen LogP contribution in [0.1, 0.15) is 27.2 Å². The van der Waals surface area contributed by atoms with Crippen LogP contribution >= 0.6 is 0 Å². The first kappa shape index (κ1) is 12.6. The summed E-state index contributed by atoms with van der Waals surface area (Å²) in [5.41, 5.74) is -0.763. The van der Waals surface area contributed by atoms with E-state index in [1.165, 1.54) is 0 Å². The fourth-order valence-electron chi connectivity index (χ4n) is 2.46. The zero-order chi connectivity index (χ0) is 12.7. The first-order valence-electron chi connectivity index (χ1n) is 6.04. The Hall–Kier alpha value is -0.810. The highest BCUT2D eigenvalue weighted by molar-refractivity contribution is 5.68. The van der Waals surface area contributed by atoms with E-state index in [1.54, 1.807) is 4.90 Å². The molecule has 0 saturated carbocycles. The normalized spacial score (nSPS) is 32.7. The Morgan fingerprint density at radius 1 is 1.59 bits per heavy atom. The van der Waals surface area contributed by atoms with Crippen molar-refractivity contribution in [2.24, 2.45) is 5.41 Å². The molecule has 0 spiro atoms. The van der Waals surface area contributed by atoms with Crippen molar-refractivity contribution in [3.8, 4) is 0 Å². The summed E-state index contributed by atoms with van der Waals surface area (Å²) >= 11 is 0. The van der Waals surface area contributed by atoms with Crippen molar-refractivity contribution >= 4 is 6.09 Å². The van der Waals surface area contributed by atoms with Crippen molar-refractivity contribution < 1.29 is 19.4 Å². The molecule has 1 N–H and O–H groups in total. The van der Waals surface area contributed by atoms with Gasteiger partial charge >= 0.3 is 6.09 Å². The maximum absolute atomic E-state index is 12.0. The molecule has 2 aliphatic heterocycles. The van der Waals surface area contributed by atoms with Gasteiger partial charge in [0.15, 0.2) is 0 Å². The molecule has 98 valence electrons. The molecule has 2 bridgehead atoms. The van der Waals surface area contributed by atoms with Crippen molar-refractivity contribution in [2.75, 3.05) is 26.3 Å². The molecule has 0 aromatic rings. The van der Waals surface area contributed by atoms with Gasteiger partial charge in [0.1, 0.15) is 5.60 Å². The van der Waals surface area contributed by atoms with Crippen LogP contribution in [0.25, 0.3) is 0 Å². The number of carbonyl (C=O) groups excluding carboxylic acids is 1. The van der Waals surface area contributed by atoms with E-state index < -0.39 is 5.60 Å². The fourth-order valence-corrected chi connectivity index (χ4v) is 2.46. The van der Waals surface area contributed by atoms with Crippen LogP contribution in [0.5, 0.6) is 0 Å². The minimum absolute atomic E-state index is 0.0448. The van der Waals surface area contributed by atoms with E-state index in [4.69, 9.17) is 9.47 Å². The molecule has 0 aromatic carbocycles. The highest BCUT2D eigenvalue weighted by Crippen LogP contribution is 2.38. The van der Waals surface area contributed by atoms with E-state index >= 15 is 0 Å². The molecule has 2 saturated heterocycles. The molecule has 2 heterocycles. The Labute approximate surface area is 102 Å². The van der Waals surface area contributed by atoms with Crippen LogP contribution in [0.2, 0.25) is 0 Å². The van der Waals surface area contributed by atoms with E-state index in [1.807, 2.05) is 20.8 Å². The average molecular weight is 243 g/mol. The summed E-state index contributed by atoms with van der Waals surface area (Å²) < 4.78 is 10.9. The summed E-state index contributed by atoms with van der Waals surface area (Å²) in [6.07, 6.45) is 0.567. The topological polar surface area (TPSA) is 59.0 Å². The number of fused-ring (bicyclic) bond motifs is 2. The third kappa shape index (κ3) is 2.72. The molecule has 5 heteroatoms. The number of ether oxygens (including phenoxy) is 2. The molecule has 2 aliphatic rings. The number of hydrogen-bond acceptors (Lipinski definition) is 4. The Kier molecular flexibility index (Phi) is 3.08. The van der Waals surface area contributed by atoms with Crippen molar-refractivity contribution in [1.82, 2.24) is 4.90 Å². The van der Waals surface area contributed by atoms with Crippen LogP contribution in [0, 0.1) is 5.41 Å². The monoisotopic (exact) mass is 243 g/mol. The van der Waals surface area contributed by atoms with Gasteiger partial charge in [-0.05, 0) is 27.2 Å². The first-order valence-corrected chi connectivity index (χ1v) is 6.04. The lowest BCUT2D eigenvalue weighted by molar-refractivity contribution is -0.000454. The number of rotatable bonds is 1. The molecular weight excluding hydrogens is 222 g/mol. The second kappa shape index (κ2) is 4.14. The summed E-state index contributed by atoms with van der Waals surface area (Å²) in [4.78, 5) is 13.6. The lowest BCUT2D eigenvalue weighted by Gasteiger charge is -2.37. The van der Waals surface area contributed by atoms with Crippen LogP contribution in [-0.4, -0.2) is 54.1 Å². The van der Waals surface area contributed by atoms with E-state index in [2.05, 4.69) is 0 Å². The van der Waals surface area contributed by atoms with Gasteiger partial charge < -0.3 is 19.5 Å². The second-order valence-electron chi connectivity index (χ2n) is 6.16. The minimum Gasteiger partial charge on any atom is -0.444 e. The summed E-state index contributed by atoms with van der Waals surface area (Å²) in [5.74, 6) is 0. The lowest BCUT2D eigenvalue weighted by atomic mass is 9.83. The number of likely N-dealkylation sites (tertiary alicyclic amines) is 1. The predicted molar refractivity (Wildman–Crippen MR) is 61.7 cm³/mol. The minimum atomic E-state index is -0.485. The zero-order valence-electron chi connectivity index (χ0n) is 10.7. The largest absolute Gasteiger partial charge is 0.444 e. The molecule has 0 aromatic heterocycles. The highest BCUT2D eigenvalue weighted by atomic mass is 16.6. The lowest BCUT2D eigenvalue weighted by Crippen LogP contribution is -2.50. The SMILES string of the molecule is CC(C)(C)OC(=O)N1CC2CC(CO)(CO2)C1. The molecule has 0 aliphatic carbocycles. The quantitative estimate of drug-likeness (QED) is 0.746. The van der Waals surface area contributed by atoms with E-state index in [0.717, 1.165) is 6.42 Å². The Morgan fingerprint density at radius 2 is 2.29 bits per heavy atom. The van der Waals surface area contributed by atoms with Gasteiger partial charge in [0.2, 0.25) is 0 Å². The predicted octanol–water partition coefficient (Wildman–Crippen LogP) is 1.00. The zero-order valence-corrected chi connectivity index (χ0v) is 10.7. The number of amides is 1. The molecule has 5 nitrogen and oxygen atoms in total. The first-order chi connectivity index (χ1) is 7.84. The van der Waals surface area contributed by atoms with E-state index in [-0.39, 0.29) is 24.2 Å². The molecule has 2 atom stereocenters. The van der Waals surface area contributed by atoms with Crippen LogP contribution in [0.3, 0.4) is 0 Å². The van der Waals surface area contributed by atoms with Crippen LogP contribution < -0.4 is 0 Å². The number of aliphatic hydroxyl groups excluding tert-OH is 1. The van der Waals surface area contributed by atoms with Gasteiger partial charge in [0.05, 0.1) is 25.9 Å². The van der Waals surface area contributed by atoms with Crippen molar-refractivity contribution in [3.63, 3.8) is 0 Å². The Balaban J connectivity index is 2.01. The van der Waals surface area contributed by atoms with Gasteiger partial charge in [-0.3, -0.25) is 0 Å². The number of aliphatic hydroxyl groups is 1. The highest BCUT2D eigenvalue weighted by Gasteiger charge is 2.47. The third-order valence-electron chi connectivity index (χ3n) is 3.22. The molecule has 2 rings (SSSR count). The smallest absolute Gasteiger partial charge is 0.410 e. The van der Waals surface area contributed by atoms with Gasteiger partial charge in [-0.25, -0.2) is 4.79 Å². The molecule has 1 amide bonds. The van der Waals surface area contributed by atoms with E-state index in [9.17, 15) is 9.90 Å². The summed E-state index contributed by atoms with van der Waals surface area (Å²) in [6.45, 7) is 7.23. The van der Waals surface area contributed by atoms with Gasteiger partial charge in [-0.2, -0.15) is 0 Å². The Bertz CT molecular complexity index is 312. The third-order valence-corrected chi connectivity index (χ3v) is 3.22. The number of carbonyl (C=O) groups is 1. The van der Waals surface area contributed by atoms with Crippen LogP contribution in [0.4, 0.5) is 4.79 Å². The average Bonchev–Trinajstić information content (AvgIpc) is 2.52. The van der Waals surface area contributed by atoms with Crippen molar-refractivity contribution in [1.29, 1.82) is 0 Å². The van der Waals surface area contributed by atoms with Crippen molar-refractivity contribution in [3.05, 3.63) is 0 Å². The second-order valence-corrected chi connectivity index (χ2v) is 6.16. The number of piperidine rings is 1. The molecular formula is C12H21NO4.